The molecule has 1 aliphatic rings. The topological polar surface area (TPSA) is 151 Å². The average Bonchev–Trinajstić information content (AvgIpc) is 3.37. The number of halogens is 2. The second-order valence-corrected chi connectivity index (χ2v) is 9.94. The van der Waals surface area contributed by atoms with Crippen molar-refractivity contribution in [2.45, 2.75) is 57.1 Å². The zero-order chi connectivity index (χ0) is 27.7. The molecular weight excluding hydrogens is 531 g/mol. The Kier molecular flexibility index (Phi) is 10.7. The minimum Gasteiger partial charge on any atom is -0.461 e. The van der Waals surface area contributed by atoms with Gasteiger partial charge in [-0.2, -0.15) is 0 Å². The van der Waals surface area contributed by atoms with Crippen LogP contribution in [0, 0.1) is 5.41 Å². The van der Waals surface area contributed by atoms with Crippen LogP contribution in [0.25, 0.3) is 0 Å². The molecule has 1 saturated carbocycles. The van der Waals surface area contributed by atoms with E-state index in [1.807, 2.05) is 0 Å². The largest absolute Gasteiger partial charge is 0.461 e. The van der Waals surface area contributed by atoms with Gasteiger partial charge in [0, 0.05) is 18.4 Å². The number of benzene rings is 2. The number of carbonyl (C=O) groups excluding carboxylic acids is 4. The number of nitrogens with two attached hydrogens (primary N) is 1. The molecule has 0 unspecified atom stereocenters. The van der Waals surface area contributed by atoms with E-state index in [1.165, 1.54) is 12.1 Å². The number of amides is 2. The van der Waals surface area contributed by atoms with E-state index in [1.54, 1.807) is 30.3 Å². The maximum atomic E-state index is 12.9. The van der Waals surface area contributed by atoms with Crippen molar-refractivity contribution in [3.05, 3.63) is 69.2 Å². The summed E-state index contributed by atoms with van der Waals surface area (Å²) in [6.07, 6.45) is 3.29. The lowest BCUT2D eigenvalue weighted by atomic mass is 10.1. The highest BCUT2D eigenvalue weighted by Gasteiger charge is 2.29. The lowest BCUT2D eigenvalue weighted by molar-refractivity contribution is -0.151. The molecule has 9 nitrogen and oxygen atoms in total. The lowest BCUT2D eigenvalue weighted by Gasteiger charge is -2.20. The fourth-order valence-corrected chi connectivity index (χ4v) is 4.73. The Morgan fingerprint density at radius 3 is 2.34 bits per heavy atom. The van der Waals surface area contributed by atoms with Gasteiger partial charge < -0.3 is 21.1 Å². The first kappa shape index (κ1) is 29.1. The summed E-state index contributed by atoms with van der Waals surface area (Å²) in [5.41, 5.74) is 6.48. The SMILES string of the molecule is N=C(N)Cc1cccc(C(=O)NCC(=O)CC[C@H](NC(=O)c2c(Cl)cccc2Cl)C(=O)OC2CCCC2)c1. The van der Waals surface area contributed by atoms with Gasteiger partial charge in [-0.1, -0.05) is 41.4 Å². The van der Waals surface area contributed by atoms with Crippen LogP contribution < -0.4 is 16.4 Å². The van der Waals surface area contributed by atoms with Crippen LogP contribution in [-0.2, 0) is 20.7 Å². The summed E-state index contributed by atoms with van der Waals surface area (Å²) < 4.78 is 5.57. The number of ether oxygens (including phenoxy) is 1. The van der Waals surface area contributed by atoms with Gasteiger partial charge in [-0.25, -0.2) is 4.79 Å². The number of carbonyl (C=O) groups is 4. The first-order chi connectivity index (χ1) is 18.1. The summed E-state index contributed by atoms with van der Waals surface area (Å²) in [7, 11) is 0. The minimum absolute atomic E-state index is 0.0253. The van der Waals surface area contributed by atoms with Crippen molar-refractivity contribution in [1.82, 2.24) is 10.6 Å². The van der Waals surface area contributed by atoms with Crippen LogP contribution in [0.15, 0.2) is 42.5 Å². The smallest absolute Gasteiger partial charge is 0.328 e. The fraction of sp³-hybridized carbons (Fsp3) is 0.370. The summed E-state index contributed by atoms with van der Waals surface area (Å²) >= 11 is 12.3. The highest BCUT2D eigenvalue weighted by atomic mass is 35.5. The number of esters is 1. The molecule has 0 aliphatic heterocycles. The third-order valence-corrected chi connectivity index (χ3v) is 6.74. The first-order valence-electron chi connectivity index (χ1n) is 12.3. The zero-order valence-corrected chi connectivity index (χ0v) is 22.2. The van der Waals surface area contributed by atoms with Crippen LogP contribution in [0.5, 0.6) is 0 Å². The molecule has 11 heteroatoms. The van der Waals surface area contributed by atoms with Crippen LogP contribution in [0.1, 0.15) is 64.8 Å². The predicted molar refractivity (Wildman–Crippen MR) is 145 cm³/mol. The molecule has 3 rings (SSSR count). The van der Waals surface area contributed by atoms with E-state index in [2.05, 4.69) is 10.6 Å². The molecule has 5 N–H and O–H groups in total. The van der Waals surface area contributed by atoms with Gasteiger partial charge in [-0.15, -0.1) is 0 Å². The molecule has 1 fully saturated rings. The fourth-order valence-electron chi connectivity index (χ4n) is 4.16. The standard InChI is InChI=1S/C27H30Cl2N4O5/c28-20-9-4-10-21(29)24(20)26(36)33-22(27(37)38-19-7-1-2-8-19)12-11-18(34)15-32-25(35)17-6-3-5-16(13-17)14-23(30)31/h3-6,9-10,13,19,22H,1-2,7-8,11-12,14-15H2,(H3,30,31)(H,32,35)(H,33,36)/t22-/m0/s1. The molecule has 0 saturated heterocycles. The molecule has 202 valence electrons. The number of hydrogen-bond donors (Lipinski definition) is 4. The molecule has 2 amide bonds. The van der Waals surface area contributed by atoms with Crippen molar-refractivity contribution in [2.75, 3.05) is 6.54 Å². The third-order valence-electron chi connectivity index (χ3n) is 6.11. The van der Waals surface area contributed by atoms with Crippen LogP contribution >= 0.6 is 23.2 Å². The minimum atomic E-state index is -1.10. The van der Waals surface area contributed by atoms with Crippen molar-refractivity contribution >= 4 is 52.6 Å². The third kappa shape index (κ3) is 8.56. The number of Topliss-reactive ketones (excluding diaryl/α,β-unsaturated/α-hetero) is 1. The maximum absolute atomic E-state index is 12.9. The normalized spacial score (nSPS) is 13.9. The van der Waals surface area contributed by atoms with Gasteiger partial charge in [0.1, 0.15) is 12.1 Å². The second kappa shape index (κ2) is 13.9. The molecule has 2 aromatic rings. The molecule has 1 atom stereocenters. The van der Waals surface area contributed by atoms with Gasteiger partial charge in [0.2, 0.25) is 0 Å². The zero-order valence-electron chi connectivity index (χ0n) is 20.7. The molecule has 0 bridgehead atoms. The average molecular weight is 561 g/mol. The molecular formula is C27H30Cl2N4O5. The van der Waals surface area contributed by atoms with Gasteiger partial charge >= 0.3 is 5.97 Å². The quantitative estimate of drug-likeness (QED) is 0.176. The molecule has 0 heterocycles. The molecule has 1 aliphatic carbocycles. The van der Waals surface area contributed by atoms with E-state index in [9.17, 15) is 19.2 Å². The van der Waals surface area contributed by atoms with E-state index >= 15 is 0 Å². The van der Waals surface area contributed by atoms with Crippen molar-refractivity contribution in [3.63, 3.8) is 0 Å². The van der Waals surface area contributed by atoms with Gasteiger partial charge in [0.05, 0.1) is 28.0 Å². The first-order valence-corrected chi connectivity index (χ1v) is 13.1. The highest BCUT2D eigenvalue weighted by molar-refractivity contribution is 6.39. The van der Waals surface area contributed by atoms with Crippen molar-refractivity contribution in [1.29, 1.82) is 5.41 Å². The Hall–Kier alpha value is -3.43. The summed E-state index contributed by atoms with van der Waals surface area (Å²) in [6, 6.07) is 10.1. The molecule has 0 spiro atoms. The van der Waals surface area contributed by atoms with E-state index in [0.717, 1.165) is 25.7 Å². The van der Waals surface area contributed by atoms with E-state index in [-0.39, 0.29) is 59.1 Å². The number of ketones is 1. The van der Waals surface area contributed by atoms with Gasteiger partial charge in [-0.05, 0) is 61.9 Å². The van der Waals surface area contributed by atoms with E-state index in [4.69, 9.17) is 39.1 Å². The number of rotatable bonds is 12. The molecule has 0 aromatic heterocycles. The summed E-state index contributed by atoms with van der Waals surface area (Å²) in [6.45, 7) is -0.259. The second-order valence-electron chi connectivity index (χ2n) is 9.13. The van der Waals surface area contributed by atoms with Crippen molar-refractivity contribution in [3.8, 4) is 0 Å². The number of hydrogen-bond acceptors (Lipinski definition) is 6. The monoisotopic (exact) mass is 560 g/mol. The summed E-state index contributed by atoms with van der Waals surface area (Å²) in [5, 5.41) is 12.8. The van der Waals surface area contributed by atoms with Gasteiger partial charge in [0.25, 0.3) is 11.8 Å². The Morgan fingerprint density at radius 1 is 1.03 bits per heavy atom. The highest BCUT2D eigenvalue weighted by Crippen LogP contribution is 2.25. The van der Waals surface area contributed by atoms with Crippen LogP contribution in [-0.4, -0.2) is 48.1 Å². The lowest BCUT2D eigenvalue weighted by Crippen LogP contribution is -2.43. The van der Waals surface area contributed by atoms with E-state index in [0.29, 0.717) is 11.1 Å². The van der Waals surface area contributed by atoms with Crippen LogP contribution in [0.3, 0.4) is 0 Å². The Labute approximate surface area is 230 Å². The Morgan fingerprint density at radius 2 is 1.68 bits per heavy atom. The van der Waals surface area contributed by atoms with Crippen molar-refractivity contribution in [2.24, 2.45) is 5.73 Å². The summed E-state index contributed by atoms with van der Waals surface area (Å²) in [5.74, 6) is -2.10. The van der Waals surface area contributed by atoms with E-state index < -0.39 is 23.8 Å². The predicted octanol–water partition coefficient (Wildman–Crippen LogP) is 3.84. The van der Waals surface area contributed by atoms with Gasteiger partial charge in [-0.3, -0.25) is 19.8 Å². The summed E-state index contributed by atoms with van der Waals surface area (Å²) in [4.78, 5) is 50.8. The van der Waals surface area contributed by atoms with Gasteiger partial charge in [0.15, 0.2) is 5.78 Å². The molecule has 38 heavy (non-hydrogen) atoms. The molecule has 0 radical (unpaired) electrons. The Balaban J connectivity index is 1.60. The maximum Gasteiger partial charge on any atom is 0.328 e. The Bertz CT molecular complexity index is 1190. The molecule has 2 aromatic carbocycles. The van der Waals surface area contributed by atoms with Crippen molar-refractivity contribution < 1.29 is 23.9 Å². The van der Waals surface area contributed by atoms with Crippen LogP contribution in [0.2, 0.25) is 10.0 Å². The van der Waals surface area contributed by atoms with Crippen LogP contribution in [0.4, 0.5) is 0 Å². The number of nitrogens with one attached hydrogen (secondary N) is 3. The number of amidine groups is 1.